The molecule has 0 N–H and O–H groups in total. The minimum Gasteiger partial charge on any atom is -0.378 e. The molecule has 1 fully saturated rings. The lowest BCUT2D eigenvalue weighted by atomic mass is 10.2. The summed E-state index contributed by atoms with van der Waals surface area (Å²) in [5.41, 5.74) is 1.59. The van der Waals surface area contributed by atoms with Crippen molar-refractivity contribution in [2.24, 2.45) is 0 Å². The molecule has 0 saturated carbocycles. The van der Waals surface area contributed by atoms with Crippen LogP contribution in [0.3, 0.4) is 0 Å². The number of hydrogen-bond donors (Lipinski definition) is 0. The minimum atomic E-state index is -0.334. The first kappa shape index (κ1) is 23.2. The number of hydrogen-bond acceptors (Lipinski definition) is 7. The third-order valence-electron chi connectivity index (χ3n) is 5.85. The van der Waals surface area contributed by atoms with E-state index in [-0.39, 0.29) is 17.5 Å². The molecule has 178 valence electrons. The number of amides is 1. The lowest BCUT2D eigenvalue weighted by molar-refractivity contribution is -0.116. The zero-order chi connectivity index (χ0) is 23.5. The van der Waals surface area contributed by atoms with Crippen LogP contribution in [0.5, 0.6) is 0 Å². The van der Waals surface area contributed by atoms with E-state index in [0.29, 0.717) is 54.9 Å². The highest BCUT2D eigenvalue weighted by atomic mass is 32.2. The summed E-state index contributed by atoms with van der Waals surface area (Å²) >= 11 is 3.14. The van der Waals surface area contributed by atoms with Gasteiger partial charge in [-0.3, -0.25) is 9.36 Å². The fraction of sp³-hybridized carbons (Fsp3) is 0.375. The summed E-state index contributed by atoms with van der Waals surface area (Å²) in [5.74, 6) is 0.534. The molecule has 10 heteroatoms. The van der Waals surface area contributed by atoms with Crippen LogP contribution in [0.2, 0.25) is 0 Å². The highest BCUT2D eigenvalue weighted by Gasteiger charge is 2.26. The molecule has 1 saturated heterocycles. The summed E-state index contributed by atoms with van der Waals surface area (Å²) in [4.78, 5) is 18.4. The van der Waals surface area contributed by atoms with Gasteiger partial charge in [-0.15, -0.1) is 22.0 Å². The van der Waals surface area contributed by atoms with E-state index < -0.39 is 0 Å². The quantitative estimate of drug-likeness (QED) is 0.486. The van der Waals surface area contributed by atoms with Crippen LogP contribution < -0.4 is 9.80 Å². The second-order valence-electron chi connectivity index (χ2n) is 8.22. The van der Waals surface area contributed by atoms with E-state index in [9.17, 15) is 9.18 Å². The van der Waals surface area contributed by atoms with Gasteiger partial charge in [-0.05, 0) is 36.8 Å². The summed E-state index contributed by atoms with van der Waals surface area (Å²) in [6, 6.07) is 14.4. The Hall–Kier alpha value is -2.56. The van der Waals surface area contributed by atoms with Crippen molar-refractivity contribution >= 4 is 41.1 Å². The number of morpholine rings is 1. The molecule has 0 bridgehead atoms. The molecule has 0 spiro atoms. The van der Waals surface area contributed by atoms with Crippen LogP contribution in [0.4, 0.5) is 16.0 Å². The molecule has 2 aromatic carbocycles. The molecule has 1 atom stereocenters. The highest BCUT2D eigenvalue weighted by molar-refractivity contribution is 8.00. The predicted molar refractivity (Wildman–Crippen MR) is 134 cm³/mol. The molecule has 2 aliphatic rings. The summed E-state index contributed by atoms with van der Waals surface area (Å²) in [6.45, 7) is 5.43. The first-order chi connectivity index (χ1) is 16.6. The number of halogens is 1. The second-order valence-corrected chi connectivity index (χ2v) is 10.6. The lowest BCUT2D eigenvalue weighted by Crippen LogP contribution is -2.38. The van der Waals surface area contributed by atoms with E-state index in [4.69, 9.17) is 4.74 Å². The Morgan fingerprint density at radius 1 is 1.15 bits per heavy atom. The number of rotatable bonds is 5. The number of carbonyl (C=O) groups is 1. The number of nitrogens with zero attached hydrogens (tertiary/aromatic N) is 5. The molecule has 0 unspecified atom stereocenters. The van der Waals surface area contributed by atoms with Crippen LogP contribution in [0.25, 0.3) is 5.69 Å². The Morgan fingerprint density at radius 2 is 1.97 bits per heavy atom. The van der Waals surface area contributed by atoms with Gasteiger partial charge in [0.25, 0.3) is 0 Å². The molecule has 0 aliphatic carbocycles. The Bertz CT molecular complexity index is 1170. The molecule has 3 aromatic rings. The third kappa shape index (κ3) is 4.94. The number of para-hydroxylation sites is 1. The summed E-state index contributed by atoms with van der Waals surface area (Å²) in [6.07, 6.45) is 0.927. The van der Waals surface area contributed by atoms with Crippen molar-refractivity contribution in [1.29, 1.82) is 0 Å². The van der Waals surface area contributed by atoms with Crippen LogP contribution in [0, 0.1) is 5.82 Å². The van der Waals surface area contributed by atoms with Gasteiger partial charge in [0.1, 0.15) is 5.82 Å². The summed E-state index contributed by atoms with van der Waals surface area (Å²) in [5, 5.41) is 9.80. The van der Waals surface area contributed by atoms with Crippen LogP contribution in [-0.4, -0.2) is 64.5 Å². The third-order valence-corrected chi connectivity index (χ3v) is 8.00. The Morgan fingerprint density at radius 3 is 2.79 bits per heavy atom. The zero-order valence-corrected chi connectivity index (χ0v) is 20.5. The second kappa shape index (κ2) is 10.4. The average Bonchev–Trinajstić information content (AvgIpc) is 3.20. The van der Waals surface area contributed by atoms with Gasteiger partial charge in [-0.25, -0.2) is 4.39 Å². The van der Waals surface area contributed by atoms with Crippen molar-refractivity contribution in [2.45, 2.75) is 28.6 Å². The Balaban J connectivity index is 1.40. The molecule has 2 aliphatic heterocycles. The van der Waals surface area contributed by atoms with Crippen molar-refractivity contribution in [3.8, 4) is 5.69 Å². The predicted octanol–water partition coefficient (Wildman–Crippen LogP) is 4.25. The van der Waals surface area contributed by atoms with Crippen molar-refractivity contribution in [3.05, 3.63) is 54.3 Å². The monoisotopic (exact) mass is 499 g/mol. The number of fused-ring (bicyclic) bond motifs is 1. The van der Waals surface area contributed by atoms with Crippen molar-refractivity contribution < 1.29 is 13.9 Å². The fourth-order valence-electron chi connectivity index (χ4n) is 4.12. The van der Waals surface area contributed by atoms with Gasteiger partial charge in [0.2, 0.25) is 11.9 Å². The maximum absolute atomic E-state index is 14.1. The molecule has 34 heavy (non-hydrogen) atoms. The fourth-order valence-corrected chi connectivity index (χ4v) is 6.05. The van der Waals surface area contributed by atoms with Gasteiger partial charge in [0.15, 0.2) is 5.16 Å². The van der Waals surface area contributed by atoms with E-state index in [2.05, 4.69) is 28.1 Å². The van der Waals surface area contributed by atoms with Crippen LogP contribution in [-0.2, 0) is 9.53 Å². The maximum Gasteiger partial charge on any atom is 0.237 e. The number of ether oxygens (including phenoxy) is 1. The van der Waals surface area contributed by atoms with Crippen molar-refractivity contribution in [3.63, 3.8) is 0 Å². The van der Waals surface area contributed by atoms with Gasteiger partial charge in [0.05, 0.1) is 30.3 Å². The molecule has 1 amide bonds. The first-order valence-electron chi connectivity index (χ1n) is 11.3. The Labute approximate surface area is 206 Å². The average molecular weight is 500 g/mol. The largest absolute Gasteiger partial charge is 0.378 e. The Kier molecular flexibility index (Phi) is 7.07. The number of anilines is 2. The van der Waals surface area contributed by atoms with Crippen LogP contribution in [0.15, 0.2) is 58.6 Å². The first-order valence-corrected chi connectivity index (χ1v) is 13.2. The zero-order valence-electron chi connectivity index (χ0n) is 18.9. The van der Waals surface area contributed by atoms with Crippen molar-refractivity contribution in [1.82, 2.24) is 14.8 Å². The molecule has 0 radical (unpaired) electrons. The van der Waals surface area contributed by atoms with E-state index in [0.717, 1.165) is 17.0 Å². The smallest absolute Gasteiger partial charge is 0.237 e. The lowest BCUT2D eigenvalue weighted by Gasteiger charge is -2.28. The van der Waals surface area contributed by atoms with E-state index in [1.54, 1.807) is 6.07 Å². The molecule has 1 aromatic heterocycles. The van der Waals surface area contributed by atoms with Gasteiger partial charge >= 0.3 is 0 Å². The SMILES string of the molecule is C[C@@H]1CCN(C(=O)CSc2nnc(N3CCOCC3)n2-c2cccc(F)c2)c2ccccc2S1. The van der Waals surface area contributed by atoms with Crippen LogP contribution >= 0.6 is 23.5 Å². The number of aromatic nitrogens is 3. The highest BCUT2D eigenvalue weighted by Crippen LogP contribution is 2.38. The molecular formula is C24H26FN5O2S2. The van der Waals surface area contributed by atoms with E-state index >= 15 is 0 Å². The molecule has 5 rings (SSSR count). The minimum absolute atomic E-state index is 0.0221. The van der Waals surface area contributed by atoms with Gasteiger partial charge in [-0.1, -0.05) is 36.9 Å². The number of thioether (sulfide) groups is 2. The van der Waals surface area contributed by atoms with Crippen molar-refractivity contribution in [2.75, 3.05) is 48.4 Å². The van der Waals surface area contributed by atoms with E-state index in [1.807, 2.05) is 45.5 Å². The van der Waals surface area contributed by atoms with Gasteiger partial charge < -0.3 is 14.5 Å². The summed E-state index contributed by atoms with van der Waals surface area (Å²) in [7, 11) is 0. The maximum atomic E-state index is 14.1. The molecular weight excluding hydrogens is 473 g/mol. The van der Waals surface area contributed by atoms with Gasteiger partial charge in [0, 0.05) is 29.8 Å². The van der Waals surface area contributed by atoms with Crippen LogP contribution in [0.1, 0.15) is 13.3 Å². The number of carbonyl (C=O) groups excluding carboxylic acids is 1. The summed E-state index contributed by atoms with van der Waals surface area (Å²) < 4.78 is 21.4. The number of benzene rings is 2. The van der Waals surface area contributed by atoms with E-state index in [1.165, 1.54) is 23.9 Å². The standard InChI is InChI=1S/C24H26FN5O2S2/c1-17-9-10-29(20-7-2-3-8-21(20)34-17)22(31)16-33-24-27-26-23(28-11-13-32-14-12-28)30(24)19-6-4-5-18(25)15-19/h2-8,15,17H,9-14,16H2,1H3/t17-/m1/s1. The normalized spacial score (nSPS) is 18.5. The molecule has 3 heterocycles. The van der Waals surface area contributed by atoms with Gasteiger partial charge in [-0.2, -0.15) is 0 Å². The molecule has 7 nitrogen and oxygen atoms in total. The topological polar surface area (TPSA) is 63.5 Å².